The molecule has 0 saturated heterocycles. The Labute approximate surface area is 205 Å². The van der Waals surface area contributed by atoms with Gasteiger partial charge in [0.2, 0.25) is 29.0 Å². The molecule has 0 radical (unpaired) electrons. The third-order valence-corrected chi connectivity index (χ3v) is 5.92. The number of carbonyl (C=O) groups is 3. The van der Waals surface area contributed by atoms with Crippen molar-refractivity contribution in [1.29, 1.82) is 0 Å². The van der Waals surface area contributed by atoms with Crippen LogP contribution in [0.1, 0.15) is 40.2 Å². The minimum absolute atomic E-state index is 0.0626. The fourth-order valence-electron chi connectivity index (χ4n) is 3.83. The molecule has 3 rings (SSSR count). The number of ketones is 2. The Morgan fingerprint density at radius 2 is 1.31 bits per heavy atom. The minimum atomic E-state index is -0.882. The van der Waals surface area contributed by atoms with Gasteiger partial charge in [0.1, 0.15) is 11.5 Å². The van der Waals surface area contributed by atoms with Crippen LogP contribution in [0.25, 0.3) is 0 Å². The van der Waals surface area contributed by atoms with E-state index in [1.54, 1.807) is 31.2 Å². The number of hydrogen-bond acceptors (Lipinski definition) is 6. The van der Waals surface area contributed by atoms with Crippen molar-refractivity contribution < 1.29 is 28.6 Å². The maximum Gasteiger partial charge on any atom is 0.231 e. The average Bonchev–Trinajstić information content (AvgIpc) is 2.82. The molecule has 1 aliphatic rings. The number of benzene rings is 2. The lowest BCUT2D eigenvalue weighted by molar-refractivity contribution is -0.123. The predicted octanol–water partition coefficient (Wildman–Crippen LogP) is 5.32. The summed E-state index contributed by atoms with van der Waals surface area (Å²) in [4.78, 5) is 38.4. The van der Waals surface area contributed by atoms with E-state index in [2.05, 4.69) is 26.1 Å². The highest BCUT2D eigenvalue weighted by Crippen LogP contribution is 2.31. The number of ether oxygens (including phenoxy) is 3. The van der Waals surface area contributed by atoms with Crippen molar-refractivity contribution in [3.8, 4) is 11.5 Å². The summed E-state index contributed by atoms with van der Waals surface area (Å²) in [6.07, 6.45) is 0. The van der Waals surface area contributed by atoms with Crippen LogP contribution in [0.4, 0.5) is 5.69 Å². The predicted molar refractivity (Wildman–Crippen MR) is 133 cm³/mol. The zero-order chi connectivity index (χ0) is 25.9. The average molecular weight is 478 g/mol. The number of methoxy groups -OCH3 is 2. The van der Waals surface area contributed by atoms with Gasteiger partial charge in [-0.1, -0.05) is 32.9 Å². The summed E-state index contributed by atoms with van der Waals surface area (Å²) in [7, 11) is 2.58. The van der Waals surface area contributed by atoms with Crippen LogP contribution in [0.2, 0.25) is 0 Å². The highest BCUT2D eigenvalue weighted by molar-refractivity contribution is 6.25. The normalized spacial score (nSPS) is 15.2. The van der Waals surface area contributed by atoms with Crippen LogP contribution in [0.15, 0.2) is 71.2 Å². The third-order valence-electron chi connectivity index (χ3n) is 5.92. The lowest BCUT2D eigenvalue weighted by Gasteiger charge is -2.23. The van der Waals surface area contributed by atoms with Gasteiger partial charge in [-0.2, -0.15) is 0 Å². The first-order valence-corrected chi connectivity index (χ1v) is 11.3. The molecule has 1 N–H and O–H groups in total. The molecule has 2 aromatic rings. The Bertz CT molecular complexity index is 1200. The van der Waals surface area contributed by atoms with Gasteiger partial charge in [-0.25, -0.2) is 0 Å². The molecule has 0 spiro atoms. The summed E-state index contributed by atoms with van der Waals surface area (Å²) in [5.41, 5.74) is 2.06. The van der Waals surface area contributed by atoms with Crippen LogP contribution in [0, 0.1) is 5.92 Å². The molecule has 1 aliphatic carbocycles. The van der Waals surface area contributed by atoms with Crippen molar-refractivity contribution >= 4 is 23.2 Å². The molecule has 0 aromatic heterocycles. The van der Waals surface area contributed by atoms with Gasteiger partial charge >= 0.3 is 0 Å². The maximum atomic E-state index is 12.9. The number of carbonyl (C=O) groups excluding carboxylic acids is 3. The molecule has 2 aromatic carbocycles. The molecule has 184 valence electrons. The van der Waals surface area contributed by atoms with E-state index in [1.807, 2.05) is 24.3 Å². The Hall–Kier alpha value is -3.87. The first-order valence-electron chi connectivity index (χ1n) is 11.3. The zero-order valence-electron chi connectivity index (χ0n) is 21.1. The number of Topliss-reactive ketones (excluding diaryl/α,β-unsaturated/α-hetero) is 2. The molecular weight excluding hydrogens is 446 g/mol. The molecule has 0 fully saturated rings. The monoisotopic (exact) mass is 477 g/mol. The minimum Gasteiger partial charge on any atom is -0.489 e. The fourth-order valence-corrected chi connectivity index (χ4v) is 3.83. The van der Waals surface area contributed by atoms with Gasteiger partial charge in [0.15, 0.2) is 0 Å². The molecule has 0 aliphatic heterocycles. The molecule has 0 heterocycles. The summed E-state index contributed by atoms with van der Waals surface area (Å²) in [5.74, 6) is -1.35. The van der Waals surface area contributed by atoms with E-state index in [1.165, 1.54) is 26.7 Å². The maximum absolute atomic E-state index is 12.9. The number of amides is 1. The van der Waals surface area contributed by atoms with E-state index in [0.717, 1.165) is 0 Å². The van der Waals surface area contributed by atoms with Gasteiger partial charge in [0.05, 0.1) is 20.1 Å². The molecule has 35 heavy (non-hydrogen) atoms. The van der Waals surface area contributed by atoms with E-state index < -0.39 is 23.4 Å². The summed E-state index contributed by atoms with van der Waals surface area (Å²) in [6, 6.07) is 14.8. The molecule has 1 unspecified atom stereocenters. The van der Waals surface area contributed by atoms with Crippen molar-refractivity contribution in [1.82, 2.24) is 0 Å². The van der Waals surface area contributed by atoms with Crippen molar-refractivity contribution in [2.24, 2.45) is 5.92 Å². The largest absolute Gasteiger partial charge is 0.489 e. The van der Waals surface area contributed by atoms with Crippen LogP contribution in [-0.4, -0.2) is 31.7 Å². The van der Waals surface area contributed by atoms with Crippen LogP contribution in [-0.2, 0) is 29.3 Å². The molecule has 0 saturated carbocycles. The topological polar surface area (TPSA) is 90.9 Å². The molecule has 7 heteroatoms. The van der Waals surface area contributed by atoms with E-state index in [-0.39, 0.29) is 28.1 Å². The Balaban J connectivity index is 1.70. The second-order valence-electron chi connectivity index (χ2n) is 9.38. The standard InChI is InChI=1S/C28H31NO6/c1-16-22(24(31)26(34-7)25(33-6)23(16)30)17(2)27(32)29-19-10-14-21(15-11-19)35-20-12-8-18(9-13-20)28(3,4)5/h8-15,17H,1-7H3,(H,29,32). The van der Waals surface area contributed by atoms with Gasteiger partial charge in [-0.3, -0.25) is 14.4 Å². The first-order chi connectivity index (χ1) is 16.5. The highest BCUT2D eigenvalue weighted by atomic mass is 16.5. The number of allylic oxidation sites excluding steroid dienone is 2. The summed E-state index contributed by atoms with van der Waals surface area (Å²) >= 11 is 0. The van der Waals surface area contributed by atoms with E-state index in [4.69, 9.17) is 14.2 Å². The van der Waals surface area contributed by atoms with Gasteiger partial charge in [-0.15, -0.1) is 0 Å². The molecular formula is C28H31NO6. The Morgan fingerprint density at radius 1 is 0.829 bits per heavy atom. The SMILES string of the molecule is COC1=C(OC)C(=O)C(C(C)C(=O)Nc2ccc(Oc3ccc(C(C)(C)C)cc3)cc2)=C(C)C1=O. The van der Waals surface area contributed by atoms with Gasteiger partial charge in [0.25, 0.3) is 0 Å². The van der Waals surface area contributed by atoms with Gasteiger partial charge in [-0.05, 0) is 61.2 Å². The second kappa shape index (κ2) is 10.2. The van der Waals surface area contributed by atoms with Crippen LogP contribution in [0.5, 0.6) is 11.5 Å². The fraction of sp³-hybridized carbons (Fsp3) is 0.321. The van der Waals surface area contributed by atoms with E-state index in [0.29, 0.717) is 17.2 Å². The number of rotatable bonds is 7. The summed E-state index contributed by atoms with van der Waals surface area (Å²) in [6.45, 7) is 9.54. The second-order valence-corrected chi connectivity index (χ2v) is 9.38. The van der Waals surface area contributed by atoms with E-state index in [9.17, 15) is 14.4 Å². The molecule has 0 bridgehead atoms. The third kappa shape index (κ3) is 5.45. The summed E-state index contributed by atoms with van der Waals surface area (Å²) < 4.78 is 16.0. The number of anilines is 1. The van der Waals surface area contributed by atoms with Crippen molar-refractivity contribution in [2.45, 2.75) is 40.0 Å². The number of nitrogens with one attached hydrogen (secondary N) is 1. The van der Waals surface area contributed by atoms with Crippen molar-refractivity contribution in [2.75, 3.05) is 19.5 Å². The highest BCUT2D eigenvalue weighted by Gasteiger charge is 2.38. The number of hydrogen-bond donors (Lipinski definition) is 1. The van der Waals surface area contributed by atoms with E-state index >= 15 is 0 Å². The lowest BCUT2D eigenvalue weighted by atomic mass is 9.85. The Kier molecular flexibility index (Phi) is 7.48. The molecule has 7 nitrogen and oxygen atoms in total. The summed E-state index contributed by atoms with van der Waals surface area (Å²) in [5, 5.41) is 2.79. The van der Waals surface area contributed by atoms with Crippen molar-refractivity contribution in [3.05, 3.63) is 76.8 Å². The van der Waals surface area contributed by atoms with Crippen molar-refractivity contribution in [3.63, 3.8) is 0 Å². The van der Waals surface area contributed by atoms with Crippen LogP contribution in [0.3, 0.4) is 0 Å². The zero-order valence-corrected chi connectivity index (χ0v) is 21.1. The van der Waals surface area contributed by atoms with Crippen LogP contribution >= 0.6 is 0 Å². The first kappa shape index (κ1) is 25.7. The van der Waals surface area contributed by atoms with Crippen LogP contribution < -0.4 is 10.1 Å². The molecule has 1 amide bonds. The van der Waals surface area contributed by atoms with Gasteiger partial charge in [0, 0.05) is 16.8 Å². The lowest BCUT2D eigenvalue weighted by Crippen LogP contribution is -2.32. The quantitative estimate of drug-likeness (QED) is 0.543. The molecule has 1 atom stereocenters. The Morgan fingerprint density at radius 3 is 1.80 bits per heavy atom. The van der Waals surface area contributed by atoms with Gasteiger partial charge < -0.3 is 19.5 Å². The smallest absolute Gasteiger partial charge is 0.231 e.